The van der Waals surface area contributed by atoms with Gasteiger partial charge in [-0.15, -0.1) is 11.6 Å². The summed E-state index contributed by atoms with van der Waals surface area (Å²) in [5.41, 5.74) is 1.66. The lowest BCUT2D eigenvalue weighted by atomic mass is 9.89. The van der Waals surface area contributed by atoms with Crippen molar-refractivity contribution in [2.75, 3.05) is 19.1 Å². The maximum atomic E-state index is 12.2. The highest BCUT2D eigenvalue weighted by molar-refractivity contribution is 6.18. The maximum absolute atomic E-state index is 12.2. The number of benzene rings is 1. The van der Waals surface area contributed by atoms with Crippen LogP contribution in [0.3, 0.4) is 0 Å². The van der Waals surface area contributed by atoms with Crippen molar-refractivity contribution in [3.63, 3.8) is 0 Å². The van der Waals surface area contributed by atoms with Crippen molar-refractivity contribution < 1.29 is 47.6 Å². The molecule has 40 heavy (non-hydrogen) atoms. The van der Waals surface area contributed by atoms with E-state index >= 15 is 0 Å². The molecule has 1 aromatic carbocycles. The van der Waals surface area contributed by atoms with Crippen molar-refractivity contribution in [2.45, 2.75) is 78.0 Å². The van der Waals surface area contributed by atoms with E-state index in [-0.39, 0.29) is 12.5 Å². The quantitative estimate of drug-likeness (QED) is 0.147. The standard InChI is InChI=1S/C29H37ClO10/c1-6-35-24-14-12-22(13-15-24)9-7-10-23(11-8-16-30)26-28(38-20(4)33)29(39-21(5)34)27(37-19(3)32)25(40-26)17-36-18(2)31/h8,10-15,25-29H,6-7,9,16-17H2,1-5H3/b11-8-,23-10+/t25-,26+,27-,28+,29+/m1/s1. The topological polar surface area (TPSA) is 124 Å². The molecule has 0 amide bonds. The van der Waals surface area contributed by atoms with Gasteiger partial charge in [0.2, 0.25) is 0 Å². The zero-order valence-corrected chi connectivity index (χ0v) is 24.2. The largest absolute Gasteiger partial charge is 0.494 e. The Morgan fingerprint density at radius 2 is 1.48 bits per heavy atom. The molecule has 0 unspecified atom stereocenters. The van der Waals surface area contributed by atoms with Crippen LogP contribution in [-0.2, 0) is 49.3 Å². The van der Waals surface area contributed by atoms with Crippen molar-refractivity contribution in [1.82, 2.24) is 0 Å². The van der Waals surface area contributed by atoms with Crippen LogP contribution in [-0.4, -0.2) is 73.5 Å². The molecule has 1 heterocycles. The molecule has 10 nitrogen and oxygen atoms in total. The molecule has 1 aliphatic heterocycles. The van der Waals surface area contributed by atoms with Gasteiger partial charge in [0.05, 0.1) is 6.61 Å². The molecule has 0 aromatic heterocycles. The van der Waals surface area contributed by atoms with Crippen LogP contribution >= 0.6 is 11.6 Å². The summed E-state index contributed by atoms with van der Waals surface area (Å²) >= 11 is 5.93. The van der Waals surface area contributed by atoms with E-state index in [9.17, 15) is 19.2 Å². The summed E-state index contributed by atoms with van der Waals surface area (Å²) < 4.78 is 33.5. The van der Waals surface area contributed by atoms with Gasteiger partial charge in [-0.1, -0.05) is 30.4 Å². The number of rotatable bonds is 13. The molecular formula is C29H37ClO10. The van der Waals surface area contributed by atoms with E-state index in [1.165, 1.54) is 27.7 Å². The van der Waals surface area contributed by atoms with Crippen molar-refractivity contribution in [3.8, 4) is 5.75 Å². The van der Waals surface area contributed by atoms with Crippen LogP contribution in [0.1, 0.15) is 46.6 Å². The van der Waals surface area contributed by atoms with Crippen LogP contribution in [0.4, 0.5) is 0 Å². The van der Waals surface area contributed by atoms with E-state index in [1.807, 2.05) is 37.3 Å². The molecule has 0 bridgehead atoms. The van der Waals surface area contributed by atoms with Gasteiger partial charge in [-0.05, 0) is 43.0 Å². The Balaban J connectivity index is 2.48. The Bertz CT molecular complexity index is 1070. The van der Waals surface area contributed by atoms with E-state index in [4.69, 9.17) is 40.0 Å². The second-order valence-corrected chi connectivity index (χ2v) is 9.30. The molecule has 1 saturated heterocycles. The van der Waals surface area contributed by atoms with Crippen LogP contribution in [0.2, 0.25) is 0 Å². The molecule has 2 rings (SSSR count). The van der Waals surface area contributed by atoms with E-state index in [0.717, 1.165) is 11.3 Å². The smallest absolute Gasteiger partial charge is 0.303 e. The lowest BCUT2D eigenvalue weighted by Gasteiger charge is -2.45. The third kappa shape index (κ3) is 10.7. The zero-order valence-electron chi connectivity index (χ0n) is 23.4. The summed E-state index contributed by atoms with van der Waals surface area (Å²) in [7, 11) is 0. The number of allylic oxidation sites excluding steroid dienone is 2. The Labute approximate surface area is 239 Å². The van der Waals surface area contributed by atoms with Crippen molar-refractivity contribution in [2.24, 2.45) is 0 Å². The number of ether oxygens (including phenoxy) is 6. The van der Waals surface area contributed by atoms with Crippen molar-refractivity contribution >= 4 is 35.5 Å². The minimum absolute atomic E-state index is 0.196. The summed E-state index contributed by atoms with van der Waals surface area (Å²) in [6, 6.07) is 7.75. The molecule has 1 fully saturated rings. The van der Waals surface area contributed by atoms with Gasteiger partial charge >= 0.3 is 23.9 Å². The molecule has 1 aromatic rings. The molecular weight excluding hydrogens is 544 g/mol. The number of halogens is 1. The molecule has 5 atom stereocenters. The molecule has 220 valence electrons. The summed E-state index contributed by atoms with van der Waals surface area (Å²) in [6.45, 7) is 6.99. The summed E-state index contributed by atoms with van der Waals surface area (Å²) in [4.78, 5) is 47.8. The van der Waals surface area contributed by atoms with Gasteiger partial charge in [-0.3, -0.25) is 19.2 Å². The average molecular weight is 581 g/mol. The van der Waals surface area contributed by atoms with E-state index in [0.29, 0.717) is 25.0 Å². The third-order valence-corrected chi connectivity index (χ3v) is 5.94. The maximum Gasteiger partial charge on any atom is 0.303 e. The first-order chi connectivity index (χ1) is 19.0. The van der Waals surface area contributed by atoms with Crippen LogP contribution in [0, 0.1) is 0 Å². The fraction of sp³-hybridized carbons (Fsp3) is 0.517. The molecule has 0 saturated carbocycles. The number of aryl methyl sites for hydroxylation is 1. The molecule has 11 heteroatoms. The number of hydrogen-bond acceptors (Lipinski definition) is 10. The summed E-state index contributed by atoms with van der Waals surface area (Å²) in [6.07, 6.45) is 0.917. The monoisotopic (exact) mass is 580 g/mol. The van der Waals surface area contributed by atoms with Crippen LogP contribution in [0.15, 0.2) is 48.1 Å². The lowest BCUT2D eigenvalue weighted by molar-refractivity contribution is -0.245. The first kappa shape index (κ1) is 32.8. The molecule has 0 spiro atoms. The van der Waals surface area contributed by atoms with Crippen molar-refractivity contribution in [1.29, 1.82) is 0 Å². The second-order valence-electron chi connectivity index (χ2n) is 9.00. The number of carbonyl (C=O) groups excluding carboxylic acids is 4. The first-order valence-electron chi connectivity index (χ1n) is 13.0. The van der Waals surface area contributed by atoms with E-state index in [2.05, 4.69) is 0 Å². The van der Waals surface area contributed by atoms with Gasteiger partial charge in [0.25, 0.3) is 0 Å². The second kappa shape index (κ2) is 16.7. The molecule has 0 N–H and O–H groups in total. The van der Waals surface area contributed by atoms with Crippen molar-refractivity contribution in [3.05, 3.63) is 53.6 Å². The third-order valence-electron chi connectivity index (χ3n) is 5.77. The van der Waals surface area contributed by atoms with Crippen LogP contribution in [0.5, 0.6) is 5.75 Å². The normalized spacial score (nSPS) is 22.9. The Hall–Kier alpha value is -3.37. The van der Waals surface area contributed by atoms with Gasteiger partial charge < -0.3 is 28.4 Å². The minimum Gasteiger partial charge on any atom is -0.494 e. The average Bonchev–Trinajstić information content (AvgIpc) is 2.88. The highest BCUT2D eigenvalue weighted by Crippen LogP contribution is 2.33. The van der Waals surface area contributed by atoms with E-state index in [1.54, 1.807) is 12.2 Å². The number of esters is 4. The summed E-state index contributed by atoms with van der Waals surface area (Å²) in [5, 5.41) is 0. The van der Waals surface area contributed by atoms with Gasteiger partial charge in [0, 0.05) is 33.6 Å². The molecule has 0 aliphatic carbocycles. The highest BCUT2D eigenvalue weighted by atomic mass is 35.5. The molecule has 1 aliphatic rings. The lowest BCUT2D eigenvalue weighted by Crippen LogP contribution is -2.62. The number of alkyl halides is 1. The highest BCUT2D eigenvalue weighted by Gasteiger charge is 2.52. The fourth-order valence-electron chi connectivity index (χ4n) is 4.28. The van der Waals surface area contributed by atoms with Crippen LogP contribution < -0.4 is 4.74 Å². The predicted octanol–water partition coefficient (Wildman–Crippen LogP) is 3.86. The SMILES string of the molecule is CCOc1ccc(CC/C=C(\C=C/CCl)[C@@H]2O[C@H](COC(C)=O)[C@@H](OC(C)=O)[C@H](OC(C)=O)[C@H]2OC(C)=O)cc1. The Morgan fingerprint density at radius 1 is 0.875 bits per heavy atom. The number of hydrogen-bond donors (Lipinski definition) is 0. The summed E-state index contributed by atoms with van der Waals surface area (Å²) in [5.74, 6) is -1.64. The predicted molar refractivity (Wildman–Crippen MR) is 146 cm³/mol. The minimum atomic E-state index is -1.25. The Kier molecular flexibility index (Phi) is 13.7. The zero-order chi connectivity index (χ0) is 29.7. The Morgan fingerprint density at radius 3 is 2.02 bits per heavy atom. The van der Waals surface area contributed by atoms with Crippen LogP contribution in [0.25, 0.3) is 0 Å². The van der Waals surface area contributed by atoms with Gasteiger partial charge in [0.1, 0.15) is 24.6 Å². The van der Waals surface area contributed by atoms with Gasteiger partial charge in [0.15, 0.2) is 18.3 Å². The van der Waals surface area contributed by atoms with Gasteiger partial charge in [-0.25, -0.2) is 0 Å². The van der Waals surface area contributed by atoms with Gasteiger partial charge in [-0.2, -0.15) is 0 Å². The first-order valence-corrected chi connectivity index (χ1v) is 13.5. The molecule has 0 radical (unpaired) electrons. The number of carbonyl (C=O) groups is 4. The van der Waals surface area contributed by atoms with E-state index < -0.39 is 54.4 Å². The fourth-order valence-corrected chi connectivity index (χ4v) is 4.37.